The highest BCUT2D eigenvalue weighted by Crippen LogP contribution is 2.25. The van der Waals surface area contributed by atoms with Crippen LogP contribution in [0.15, 0.2) is 48.5 Å². The third-order valence-electron chi connectivity index (χ3n) is 5.19. The Morgan fingerprint density at radius 2 is 1.62 bits per heavy atom. The van der Waals surface area contributed by atoms with Gasteiger partial charge in [0.1, 0.15) is 0 Å². The van der Waals surface area contributed by atoms with Crippen LogP contribution in [0.2, 0.25) is 0 Å². The molecule has 0 aliphatic carbocycles. The average molecular weight is 351 g/mol. The molecule has 26 heavy (non-hydrogen) atoms. The summed E-state index contributed by atoms with van der Waals surface area (Å²) >= 11 is 0. The van der Waals surface area contributed by atoms with Gasteiger partial charge in [0.05, 0.1) is 0 Å². The first kappa shape index (κ1) is 18.7. The van der Waals surface area contributed by atoms with Crippen LogP contribution in [0.25, 0.3) is 0 Å². The van der Waals surface area contributed by atoms with Crippen LogP contribution in [0.1, 0.15) is 49.3 Å². The van der Waals surface area contributed by atoms with E-state index in [2.05, 4.69) is 54.3 Å². The molecule has 0 unspecified atom stereocenters. The summed E-state index contributed by atoms with van der Waals surface area (Å²) in [6, 6.07) is 17.2. The van der Waals surface area contributed by atoms with Crippen LogP contribution in [0.5, 0.6) is 0 Å². The van der Waals surface area contributed by atoms with Gasteiger partial charge in [-0.25, -0.2) is 0 Å². The molecule has 0 saturated carbocycles. The number of aryl methyl sites for hydroxylation is 1. The van der Waals surface area contributed by atoms with Crippen LogP contribution in [0.3, 0.4) is 0 Å². The first-order chi connectivity index (χ1) is 12.6. The molecule has 1 amide bonds. The second-order valence-electron chi connectivity index (χ2n) is 7.41. The lowest BCUT2D eigenvalue weighted by Gasteiger charge is -2.27. The van der Waals surface area contributed by atoms with Gasteiger partial charge in [-0.1, -0.05) is 60.9 Å². The van der Waals surface area contributed by atoms with Crippen molar-refractivity contribution in [1.82, 2.24) is 4.90 Å². The lowest BCUT2D eigenvalue weighted by Crippen LogP contribution is -2.31. The Labute approximate surface area is 157 Å². The molecule has 0 radical (unpaired) electrons. The van der Waals surface area contributed by atoms with Gasteiger partial charge in [-0.2, -0.15) is 0 Å². The lowest BCUT2D eigenvalue weighted by molar-refractivity contribution is -0.116. The summed E-state index contributed by atoms with van der Waals surface area (Å²) in [6.45, 7) is 7.57. The third-order valence-corrected chi connectivity index (χ3v) is 5.19. The van der Waals surface area contributed by atoms with E-state index in [0.717, 1.165) is 38.3 Å². The van der Waals surface area contributed by atoms with E-state index in [1.807, 2.05) is 11.0 Å². The molecule has 0 atom stereocenters. The molecule has 1 aliphatic heterocycles. The molecule has 0 aromatic heterocycles. The Kier molecular flexibility index (Phi) is 6.45. The van der Waals surface area contributed by atoms with Gasteiger partial charge in [-0.15, -0.1) is 0 Å². The van der Waals surface area contributed by atoms with E-state index in [0.29, 0.717) is 0 Å². The predicted octanol–water partition coefficient (Wildman–Crippen LogP) is 4.92. The number of nitrogens with zero attached hydrogens (tertiary/aromatic N) is 2. The zero-order valence-corrected chi connectivity index (χ0v) is 16.1. The summed E-state index contributed by atoms with van der Waals surface area (Å²) in [5.74, 6) is 0.141. The number of benzene rings is 2. The molecule has 1 heterocycles. The van der Waals surface area contributed by atoms with E-state index in [9.17, 15) is 4.79 Å². The Balaban J connectivity index is 1.86. The largest absolute Gasteiger partial charge is 0.312 e. The molecule has 2 aromatic carbocycles. The van der Waals surface area contributed by atoms with Crippen molar-refractivity contribution in [3.63, 3.8) is 0 Å². The summed E-state index contributed by atoms with van der Waals surface area (Å²) < 4.78 is 0. The second-order valence-corrected chi connectivity index (χ2v) is 7.41. The van der Waals surface area contributed by atoms with Crippen LogP contribution >= 0.6 is 0 Å². The van der Waals surface area contributed by atoms with Gasteiger partial charge < -0.3 is 4.90 Å². The van der Waals surface area contributed by atoms with Crippen LogP contribution in [0.4, 0.5) is 5.69 Å². The highest BCUT2D eigenvalue weighted by molar-refractivity contribution is 5.92. The number of fused-ring (bicyclic) bond motifs is 1. The Hall–Kier alpha value is -2.13. The smallest absolute Gasteiger partial charge is 0.223 e. The van der Waals surface area contributed by atoms with Crippen molar-refractivity contribution in [2.24, 2.45) is 0 Å². The van der Waals surface area contributed by atoms with Crippen molar-refractivity contribution < 1.29 is 4.79 Å². The minimum absolute atomic E-state index is 0.141. The highest BCUT2D eigenvalue weighted by Gasteiger charge is 2.18. The van der Waals surface area contributed by atoms with Crippen LogP contribution in [-0.4, -0.2) is 23.9 Å². The molecule has 3 nitrogen and oxygen atoms in total. The second kappa shape index (κ2) is 9.00. The lowest BCUT2D eigenvalue weighted by atomic mass is 10.1. The topological polar surface area (TPSA) is 23.6 Å². The molecule has 0 fully saturated rings. The van der Waals surface area contributed by atoms with Crippen LogP contribution < -0.4 is 4.90 Å². The molecule has 0 N–H and O–H groups in total. The van der Waals surface area contributed by atoms with Crippen LogP contribution in [-0.2, 0) is 17.9 Å². The molecule has 3 rings (SSSR count). The van der Waals surface area contributed by atoms with Crippen molar-refractivity contribution in [2.75, 3.05) is 18.0 Å². The average Bonchev–Trinajstić information content (AvgIpc) is 2.66. The molecular weight excluding hydrogens is 320 g/mol. The Morgan fingerprint density at radius 3 is 2.35 bits per heavy atom. The first-order valence-electron chi connectivity index (χ1n) is 9.77. The molecule has 2 aromatic rings. The van der Waals surface area contributed by atoms with E-state index in [1.165, 1.54) is 36.0 Å². The Bertz CT molecular complexity index is 723. The molecule has 3 heteroatoms. The predicted molar refractivity (Wildman–Crippen MR) is 108 cm³/mol. The van der Waals surface area contributed by atoms with E-state index >= 15 is 0 Å². The van der Waals surface area contributed by atoms with Crippen molar-refractivity contribution in [3.8, 4) is 0 Å². The van der Waals surface area contributed by atoms with Crippen molar-refractivity contribution in [3.05, 3.63) is 65.2 Å². The number of hydrogen-bond acceptors (Lipinski definition) is 2. The summed E-state index contributed by atoms with van der Waals surface area (Å²) in [5, 5.41) is 0. The van der Waals surface area contributed by atoms with E-state index in [1.54, 1.807) is 6.92 Å². The van der Waals surface area contributed by atoms with E-state index in [-0.39, 0.29) is 5.91 Å². The zero-order chi connectivity index (χ0) is 18.4. The van der Waals surface area contributed by atoms with Gasteiger partial charge in [0.15, 0.2) is 0 Å². The van der Waals surface area contributed by atoms with E-state index < -0.39 is 0 Å². The molecular formula is C23H30N2O. The maximum atomic E-state index is 12.2. The number of anilines is 1. The van der Waals surface area contributed by atoms with E-state index in [4.69, 9.17) is 0 Å². The van der Waals surface area contributed by atoms with Gasteiger partial charge in [0, 0.05) is 32.2 Å². The fourth-order valence-corrected chi connectivity index (χ4v) is 3.72. The highest BCUT2D eigenvalue weighted by atomic mass is 16.2. The number of hydrogen-bond donors (Lipinski definition) is 0. The summed E-state index contributed by atoms with van der Waals surface area (Å²) in [5.41, 5.74) is 4.98. The summed E-state index contributed by atoms with van der Waals surface area (Å²) in [6.07, 6.45) is 4.71. The standard InChI is InChI=1S/C23H30N2O/c1-19-11-13-21(14-12-19)17-24-15-7-3-4-8-16-25(20(2)26)23-10-6-5-9-22(23)18-24/h5-6,9-14H,3-4,7-8,15-18H2,1-2H3. The quantitative estimate of drug-likeness (QED) is 0.767. The Morgan fingerprint density at radius 1 is 0.923 bits per heavy atom. The number of rotatable bonds is 2. The van der Waals surface area contributed by atoms with Gasteiger partial charge in [0.2, 0.25) is 5.91 Å². The molecule has 0 spiro atoms. The maximum Gasteiger partial charge on any atom is 0.223 e. The monoisotopic (exact) mass is 350 g/mol. The van der Waals surface area contributed by atoms with Gasteiger partial charge in [-0.05, 0) is 43.5 Å². The summed E-state index contributed by atoms with van der Waals surface area (Å²) in [4.78, 5) is 16.7. The number of carbonyl (C=O) groups excluding carboxylic acids is 1. The minimum Gasteiger partial charge on any atom is -0.312 e. The fraction of sp³-hybridized carbons (Fsp3) is 0.435. The zero-order valence-electron chi connectivity index (χ0n) is 16.1. The molecule has 1 aliphatic rings. The van der Waals surface area contributed by atoms with Crippen molar-refractivity contribution >= 4 is 11.6 Å². The van der Waals surface area contributed by atoms with Gasteiger partial charge >= 0.3 is 0 Å². The maximum absolute atomic E-state index is 12.2. The SMILES string of the molecule is CC(=O)N1CCCCCCN(Cc2ccc(C)cc2)Cc2ccccc21. The van der Waals surface area contributed by atoms with Gasteiger partial charge in [0.25, 0.3) is 0 Å². The molecule has 138 valence electrons. The minimum atomic E-state index is 0.141. The molecule has 0 saturated heterocycles. The van der Waals surface area contributed by atoms with Gasteiger partial charge in [-0.3, -0.25) is 9.69 Å². The third kappa shape index (κ3) is 4.95. The fourth-order valence-electron chi connectivity index (χ4n) is 3.72. The number of amides is 1. The normalized spacial score (nSPS) is 16.6. The number of carbonyl (C=O) groups is 1. The summed E-state index contributed by atoms with van der Waals surface area (Å²) in [7, 11) is 0. The molecule has 0 bridgehead atoms. The van der Waals surface area contributed by atoms with Crippen molar-refractivity contribution in [2.45, 2.75) is 52.6 Å². The number of para-hydroxylation sites is 1. The van der Waals surface area contributed by atoms with Crippen LogP contribution in [0, 0.1) is 6.92 Å². The first-order valence-corrected chi connectivity index (χ1v) is 9.77. The van der Waals surface area contributed by atoms with Crippen molar-refractivity contribution in [1.29, 1.82) is 0 Å².